The van der Waals surface area contributed by atoms with E-state index in [1.54, 1.807) is 18.9 Å². The van der Waals surface area contributed by atoms with Gasteiger partial charge < -0.3 is 10.1 Å². The highest BCUT2D eigenvalue weighted by Crippen LogP contribution is 2.33. The Labute approximate surface area is 128 Å². The molecule has 0 radical (unpaired) electrons. The number of thioether (sulfide) groups is 1. The molecule has 0 bridgehead atoms. The number of carbonyl (C=O) groups excluding carboxylic acids is 2. The first-order valence-electron chi connectivity index (χ1n) is 6.99. The molecule has 21 heavy (non-hydrogen) atoms. The summed E-state index contributed by atoms with van der Waals surface area (Å²) in [5.41, 5.74) is 0.444. The van der Waals surface area contributed by atoms with Crippen LogP contribution in [0.3, 0.4) is 0 Å². The van der Waals surface area contributed by atoms with Gasteiger partial charge in [0.2, 0.25) is 0 Å². The minimum atomic E-state index is -0.637. The van der Waals surface area contributed by atoms with Crippen LogP contribution < -0.4 is 10.1 Å². The van der Waals surface area contributed by atoms with Crippen LogP contribution in [0.25, 0.3) is 0 Å². The first-order valence-corrected chi connectivity index (χ1v) is 8.15. The molecule has 6 heteroatoms. The van der Waals surface area contributed by atoms with E-state index in [-0.39, 0.29) is 11.9 Å². The summed E-state index contributed by atoms with van der Waals surface area (Å²) in [6.45, 7) is 0.420. The van der Waals surface area contributed by atoms with Crippen LogP contribution in [0, 0.1) is 0 Å². The van der Waals surface area contributed by atoms with Gasteiger partial charge in [0.05, 0.1) is 7.11 Å². The highest BCUT2D eigenvalue weighted by molar-refractivity contribution is 7.99. The Morgan fingerprint density at radius 1 is 1.33 bits per heavy atom. The minimum absolute atomic E-state index is 0.0639. The highest BCUT2D eigenvalue weighted by atomic mass is 32.2. The maximum absolute atomic E-state index is 12.5. The number of hydrogen-bond donors (Lipinski definition) is 1. The van der Waals surface area contributed by atoms with Crippen molar-refractivity contribution < 1.29 is 14.3 Å². The van der Waals surface area contributed by atoms with Gasteiger partial charge in [0.1, 0.15) is 11.3 Å². The maximum atomic E-state index is 12.5. The van der Waals surface area contributed by atoms with Crippen molar-refractivity contribution in [2.24, 2.45) is 0 Å². The summed E-state index contributed by atoms with van der Waals surface area (Å²) in [6.07, 6.45) is 1.40. The molecule has 0 aromatic heterocycles. The van der Waals surface area contributed by atoms with E-state index in [4.69, 9.17) is 4.74 Å². The smallest absolute Gasteiger partial charge is 0.325 e. The van der Waals surface area contributed by atoms with E-state index < -0.39 is 5.54 Å². The number of imide groups is 1. The molecular weight excluding hydrogens is 288 g/mol. The summed E-state index contributed by atoms with van der Waals surface area (Å²) >= 11 is 1.72. The molecule has 1 aromatic rings. The second-order valence-electron chi connectivity index (χ2n) is 5.37. The SMILES string of the molecule is COc1ccc(CCN2C(=O)NC3(CCSC3)C2=O)cc1. The van der Waals surface area contributed by atoms with Crippen LogP contribution in [-0.4, -0.2) is 47.5 Å². The Balaban J connectivity index is 1.64. The van der Waals surface area contributed by atoms with Crippen LogP contribution in [0.4, 0.5) is 4.79 Å². The number of benzene rings is 1. The number of rotatable bonds is 4. The number of nitrogens with zero attached hydrogens (tertiary/aromatic N) is 1. The highest BCUT2D eigenvalue weighted by Gasteiger charge is 2.52. The van der Waals surface area contributed by atoms with Gasteiger partial charge in [0.25, 0.3) is 5.91 Å². The van der Waals surface area contributed by atoms with Crippen LogP contribution in [0.1, 0.15) is 12.0 Å². The number of methoxy groups -OCH3 is 1. The average Bonchev–Trinajstić information content (AvgIpc) is 3.05. The summed E-state index contributed by atoms with van der Waals surface area (Å²) in [4.78, 5) is 25.9. The summed E-state index contributed by atoms with van der Waals surface area (Å²) < 4.78 is 5.11. The average molecular weight is 306 g/mol. The topological polar surface area (TPSA) is 58.6 Å². The summed E-state index contributed by atoms with van der Waals surface area (Å²) in [5, 5.41) is 2.88. The summed E-state index contributed by atoms with van der Waals surface area (Å²) in [6, 6.07) is 7.43. The van der Waals surface area contributed by atoms with Crippen molar-refractivity contribution in [1.82, 2.24) is 10.2 Å². The predicted molar refractivity (Wildman–Crippen MR) is 81.6 cm³/mol. The van der Waals surface area contributed by atoms with Gasteiger partial charge in [-0.25, -0.2) is 4.79 Å². The van der Waals surface area contributed by atoms with Crippen molar-refractivity contribution in [3.63, 3.8) is 0 Å². The molecule has 2 aliphatic rings. The lowest BCUT2D eigenvalue weighted by molar-refractivity contribution is -0.130. The van der Waals surface area contributed by atoms with E-state index in [1.165, 1.54) is 4.90 Å². The van der Waals surface area contributed by atoms with Crippen LogP contribution in [0.15, 0.2) is 24.3 Å². The lowest BCUT2D eigenvalue weighted by Gasteiger charge is -2.19. The third-order valence-corrected chi connectivity index (χ3v) is 5.24. The molecule has 1 aromatic carbocycles. The first kappa shape index (κ1) is 14.3. The molecule has 3 rings (SSSR count). The number of amides is 3. The number of ether oxygens (including phenoxy) is 1. The first-order chi connectivity index (χ1) is 10.1. The van der Waals surface area contributed by atoms with Crippen molar-refractivity contribution >= 4 is 23.7 Å². The summed E-state index contributed by atoms with van der Waals surface area (Å²) in [5.74, 6) is 2.36. The third-order valence-electron chi connectivity index (χ3n) is 4.05. The molecule has 5 nitrogen and oxygen atoms in total. The number of hydrogen-bond acceptors (Lipinski definition) is 4. The van der Waals surface area contributed by atoms with Gasteiger partial charge in [-0.05, 0) is 36.3 Å². The Kier molecular flexibility index (Phi) is 3.80. The standard InChI is InChI=1S/C15H18N2O3S/c1-20-12-4-2-11(3-5-12)6-8-17-13(18)15(16-14(17)19)7-9-21-10-15/h2-5H,6-10H2,1H3,(H,16,19). The Morgan fingerprint density at radius 3 is 2.71 bits per heavy atom. The third kappa shape index (κ3) is 2.60. The number of nitrogens with one attached hydrogen (secondary N) is 1. The van der Waals surface area contributed by atoms with E-state index in [9.17, 15) is 9.59 Å². The fourth-order valence-corrected chi connectivity index (χ4v) is 4.07. The van der Waals surface area contributed by atoms with Gasteiger partial charge >= 0.3 is 6.03 Å². The van der Waals surface area contributed by atoms with Crippen LogP contribution in [-0.2, 0) is 11.2 Å². The molecule has 0 saturated carbocycles. The predicted octanol–water partition coefficient (Wildman–Crippen LogP) is 1.67. The minimum Gasteiger partial charge on any atom is -0.497 e. The maximum Gasteiger partial charge on any atom is 0.325 e. The molecule has 1 spiro atoms. The van der Waals surface area contributed by atoms with Gasteiger partial charge in [-0.2, -0.15) is 11.8 Å². The lowest BCUT2D eigenvalue weighted by atomic mass is 9.99. The van der Waals surface area contributed by atoms with Gasteiger partial charge in [0.15, 0.2) is 0 Å². The molecule has 0 aliphatic carbocycles. The molecule has 2 aliphatic heterocycles. The quantitative estimate of drug-likeness (QED) is 0.860. The second-order valence-corrected chi connectivity index (χ2v) is 6.47. The number of carbonyl (C=O) groups is 2. The van der Waals surface area contributed by atoms with Gasteiger partial charge in [-0.15, -0.1) is 0 Å². The Bertz CT molecular complexity index is 553. The van der Waals surface area contributed by atoms with Crippen molar-refractivity contribution in [2.75, 3.05) is 25.2 Å². The molecule has 2 saturated heterocycles. The molecule has 2 fully saturated rings. The van der Waals surface area contributed by atoms with Crippen LogP contribution in [0.5, 0.6) is 5.75 Å². The van der Waals surface area contributed by atoms with Crippen LogP contribution in [0.2, 0.25) is 0 Å². The lowest BCUT2D eigenvalue weighted by Crippen LogP contribution is -2.47. The zero-order valence-electron chi connectivity index (χ0n) is 11.9. The van der Waals surface area contributed by atoms with Gasteiger partial charge in [-0.3, -0.25) is 9.69 Å². The second kappa shape index (κ2) is 5.60. The largest absolute Gasteiger partial charge is 0.497 e. The van der Waals surface area contributed by atoms with E-state index in [1.807, 2.05) is 24.3 Å². The molecule has 112 valence electrons. The van der Waals surface area contributed by atoms with Crippen LogP contribution >= 0.6 is 11.8 Å². The molecule has 3 amide bonds. The van der Waals surface area contributed by atoms with Crippen molar-refractivity contribution in [2.45, 2.75) is 18.4 Å². The molecular formula is C15H18N2O3S. The fourth-order valence-electron chi connectivity index (χ4n) is 2.74. The van der Waals surface area contributed by atoms with E-state index in [2.05, 4.69) is 5.32 Å². The zero-order valence-corrected chi connectivity index (χ0v) is 12.7. The Morgan fingerprint density at radius 2 is 2.10 bits per heavy atom. The van der Waals surface area contributed by atoms with E-state index in [0.717, 1.165) is 23.5 Å². The van der Waals surface area contributed by atoms with Crippen molar-refractivity contribution in [3.8, 4) is 5.75 Å². The summed E-state index contributed by atoms with van der Waals surface area (Å²) in [7, 11) is 1.63. The van der Waals surface area contributed by atoms with E-state index >= 15 is 0 Å². The fraction of sp³-hybridized carbons (Fsp3) is 0.467. The molecule has 1 atom stereocenters. The molecule has 2 heterocycles. The molecule has 1 unspecified atom stereocenters. The number of urea groups is 1. The van der Waals surface area contributed by atoms with Crippen molar-refractivity contribution in [3.05, 3.63) is 29.8 Å². The normalized spacial score (nSPS) is 24.7. The van der Waals surface area contributed by atoms with Gasteiger partial charge in [-0.1, -0.05) is 12.1 Å². The Hall–Kier alpha value is -1.69. The van der Waals surface area contributed by atoms with Gasteiger partial charge in [0, 0.05) is 12.3 Å². The van der Waals surface area contributed by atoms with E-state index in [0.29, 0.717) is 18.7 Å². The molecule has 1 N–H and O–H groups in total. The monoisotopic (exact) mass is 306 g/mol. The zero-order chi connectivity index (χ0) is 14.9. The van der Waals surface area contributed by atoms with Crippen molar-refractivity contribution in [1.29, 1.82) is 0 Å².